The number of thiophene rings is 1. The van der Waals surface area contributed by atoms with Gasteiger partial charge in [-0.2, -0.15) is 4.99 Å². The molecule has 1 heterocycles. The summed E-state index contributed by atoms with van der Waals surface area (Å²) in [6, 6.07) is 0. The Hall–Kier alpha value is -1.45. The van der Waals surface area contributed by atoms with Crippen molar-refractivity contribution in [3.05, 3.63) is 16.0 Å². The molecule has 74 valence electrons. The zero-order valence-electron chi connectivity index (χ0n) is 8.08. The summed E-state index contributed by atoms with van der Waals surface area (Å²) in [5.74, 6) is -0.471. The monoisotopic (exact) mass is 211 g/mol. The van der Waals surface area contributed by atoms with Gasteiger partial charge in [0.15, 0.2) is 0 Å². The molecular weight excluding hydrogens is 202 g/mol. The van der Waals surface area contributed by atoms with Gasteiger partial charge in [-0.15, -0.1) is 11.3 Å². The number of rotatable bonds is 2. The van der Waals surface area contributed by atoms with Crippen LogP contribution >= 0.6 is 11.3 Å². The summed E-state index contributed by atoms with van der Waals surface area (Å²) in [6.07, 6.45) is 1.42. The molecule has 1 rings (SSSR count). The number of aryl methyl sites for hydroxylation is 1. The Bertz CT molecular complexity index is 416. The third kappa shape index (κ3) is 1.73. The molecule has 0 unspecified atom stereocenters. The average Bonchev–Trinajstić information content (AvgIpc) is 2.43. The molecule has 1 aromatic heterocycles. The van der Waals surface area contributed by atoms with Crippen LogP contribution in [0.4, 0.5) is 5.00 Å². The van der Waals surface area contributed by atoms with Gasteiger partial charge in [-0.25, -0.2) is 9.59 Å². The minimum Gasteiger partial charge on any atom is -0.465 e. The number of methoxy groups -OCH3 is 1. The molecule has 0 atom stereocenters. The van der Waals surface area contributed by atoms with Gasteiger partial charge in [-0.1, -0.05) is 0 Å². The van der Waals surface area contributed by atoms with Crippen LogP contribution in [0.3, 0.4) is 0 Å². The van der Waals surface area contributed by atoms with E-state index in [1.165, 1.54) is 24.5 Å². The Balaban J connectivity index is 3.36. The van der Waals surface area contributed by atoms with E-state index in [9.17, 15) is 9.59 Å². The van der Waals surface area contributed by atoms with Crippen LogP contribution in [0.15, 0.2) is 4.99 Å². The molecule has 4 nitrogen and oxygen atoms in total. The van der Waals surface area contributed by atoms with E-state index in [1.807, 2.05) is 6.92 Å². The van der Waals surface area contributed by atoms with E-state index >= 15 is 0 Å². The number of hydrogen-bond donors (Lipinski definition) is 0. The molecule has 0 aromatic carbocycles. The molecule has 0 amide bonds. The van der Waals surface area contributed by atoms with Crippen LogP contribution < -0.4 is 0 Å². The second-order valence-corrected chi connectivity index (χ2v) is 3.86. The van der Waals surface area contributed by atoms with Crippen molar-refractivity contribution in [3.63, 3.8) is 0 Å². The largest absolute Gasteiger partial charge is 0.465 e. The van der Waals surface area contributed by atoms with Crippen LogP contribution in [0.5, 0.6) is 0 Å². The number of nitrogens with zero attached hydrogens (tertiary/aromatic N) is 1. The molecule has 5 heteroatoms. The standard InChI is InChI=1S/C9H9NO3S/c1-5-6(2)14-8(10-4-11)7(5)9(12)13-3/h1-3H3. The summed E-state index contributed by atoms with van der Waals surface area (Å²) >= 11 is 1.28. The topological polar surface area (TPSA) is 55.7 Å². The lowest BCUT2D eigenvalue weighted by Gasteiger charge is -1.98. The van der Waals surface area contributed by atoms with Crippen molar-refractivity contribution < 1.29 is 14.3 Å². The molecule has 0 aliphatic carbocycles. The Morgan fingerprint density at radius 3 is 2.64 bits per heavy atom. The Morgan fingerprint density at radius 1 is 1.50 bits per heavy atom. The maximum absolute atomic E-state index is 11.3. The summed E-state index contributed by atoms with van der Waals surface area (Å²) in [7, 11) is 1.29. The van der Waals surface area contributed by atoms with Gasteiger partial charge in [-0.3, -0.25) is 0 Å². The highest BCUT2D eigenvalue weighted by molar-refractivity contribution is 7.16. The van der Waals surface area contributed by atoms with E-state index in [-0.39, 0.29) is 0 Å². The summed E-state index contributed by atoms with van der Waals surface area (Å²) in [5, 5.41) is 0.363. The number of esters is 1. The first-order valence-corrected chi connectivity index (χ1v) is 4.69. The first-order chi connectivity index (χ1) is 6.61. The second-order valence-electron chi connectivity index (χ2n) is 2.66. The van der Waals surface area contributed by atoms with Gasteiger partial charge in [0.2, 0.25) is 6.08 Å². The minimum atomic E-state index is -0.471. The first-order valence-electron chi connectivity index (χ1n) is 3.88. The quantitative estimate of drug-likeness (QED) is 0.427. The van der Waals surface area contributed by atoms with Crippen molar-refractivity contribution in [1.29, 1.82) is 0 Å². The van der Waals surface area contributed by atoms with E-state index in [0.29, 0.717) is 10.6 Å². The fourth-order valence-electron chi connectivity index (χ4n) is 1.07. The lowest BCUT2D eigenvalue weighted by atomic mass is 10.2. The maximum Gasteiger partial charge on any atom is 0.341 e. The summed E-state index contributed by atoms with van der Waals surface area (Å²) in [4.78, 5) is 25.9. The molecule has 0 saturated carbocycles. The van der Waals surface area contributed by atoms with Gasteiger partial charge in [0.25, 0.3) is 0 Å². The van der Waals surface area contributed by atoms with Gasteiger partial charge >= 0.3 is 5.97 Å². The number of isocyanates is 1. The smallest absolute Gasteiger partial charge is 0.341 e. The van der Waals surface area contributed by atoms with Crippen molar-refractivity contribution in [3.8, 4) is 0 Å². The average molecular weight is 211 g/mol. The number of carbonyl (C=O) groups is 1. The predicted octanol–water partition coefficient (Wildman–Crippen LogP) is 2.12. The van der Waals surface area contributed by atoms with Crippen LogP contribution in [0.2, 0.25) is 0 Å². The number of aliphatic imine (C=N–C) groups is 1. The van der Waals surface area contributed by atoms with Gasteiger partial charge in [-0.05, 0) is 19.4 Å². The number of hydrogen-bond acceptors (Lipinski definition) is 5. The van der Waals surface area contributed by atoms with Crippen LogP contribution in [-0.2, 0) is 9.53 Å². The molecule has 0 bridgehead atoms. The van der Waals surface area contributed by atoms with Crippen LogP contribution in [-0.4, -0.2) is 19.2 Å². The van der Waals surface area contributed by atoms with Gasteiger partial charge in [0.05, 0.1) is 7.11 Å². The highest BCUT2D eigenvalue weighted by Gasteiger charge is 2.19. The molecule has 0 N–H and O–H groups in total. The van der Waals surface area contributed by atoms with Gasteiger partial charge < -0.3 is 4.74 Å². The normalized spacial score (nSPS) is 9.36. The van der Waals surface area contributed by atoms with Gasteiger partial charge in [0.1, 0.15) is 10.6 Å². The van der Waals surface area contributed by atoms with Crippen molar-refractivity contribution in [2.24, 2.45) is 4.99 Å². The fourth-order valence-corrected chi connectivity index (χ4v) is 2.04. The molecule has 1 aromatic rings. The predicted molar refractivity (Wildman–Crippen MR) is 52.9 cm³/mol. The third-order valence-electron chi connectivity index (χ3n) is 1.90. The SMILES string of the molecule is COC(=O)c1c(N=C=O)sc(C)c1C. The van der Waals surface area contributed by atoms with E-state index in [4.69, 9.17) is 0 Å². The van der Waals surface area contributed by atoms with Crippen molar-refractivity contribution in [1.82, 2.24) is 0 Å². The molecule has 0 aliphatic heterocycles. The molecule has 14 heavy (non-hydrogen) atoms. The molecule has 0 radical (unpaired) electrons. The van der Waals surface area contributed by atoms with E-state index in [0.717, 1.165) is 10.4 Å². The number of ether oxygens (including phenoxy) is 1. The van der Waals surface area contributed by atoms with Crippen molar-refractivity contribution in [2.75, 3.05) is 7.11 Å². The maximum atomic E-state index is 11.3. The van der Waals surface area contributed by atoms with Crippen molar-refractivity contribution >= 4 is 28.4 Å². The zero-order valence-corrected chi connectivity index (χ0v) is 8.90. The first kappa shape index (κ1) is 10.6. The second kappa shape index (κ2) is 4.17. The molecule has 0 saturated heterocycles. The van der Waals surface area contributed by atoms with Crippen molar-refractivity contribution in [2.45, 2.75) is 13.8 Å². The van der Waals surface area contributed by atoms with E-state index < -0.39 is 5.97 Å². The molecule has 0 spiro atoms. The van der Waals surface area contributed by atoms with Crippen LogP contribution in [0.1, 0.15) is 20.8 Å². The van der Waals surface area contributed by atoms with Crippen LogP contribution in [0.25, 0.3) is 0 Å². The molecular formula is C9H9NO3S. The summed E-state index contributed by atoms with van der Waals surface area (Å²) in [6.45, 7) is 3.65. The third-order valence-corrected chi connectivity index (χ3v) is 3.00. The molecule has 0 aliphatic rings. The lowest BCUT2D eigenvalue weighted by molar-refractivity contribution is 0.0601. The Morgan fingerprint density at radius 2 is 2.14 bits per heavy atom. The Labute approximate surface area is 85.2 Å². The molecule has 0 fully saturated rings. The fraction of sp³-hybridized carbons (Fsp3) is 0.333. The number of carbonyl (C=O) groups excluding carboxylic acids is 2. The van der Waals surface area contributed by atoms with Crippen LogP contribution in [0, 0.1) is 13.8 Å². The zero-order chi connectivity index (χ0) is 10.7. The van der Waals surface area contributed by atoms with Gasteiger partial charge in [0, 0.05) is 4.88 Å². The highest BCUT2D eigenvalue weighted by atomic mass is 32.1. The minimum absolute atomic E-state index is 0.360. The van der Waals surface area contributed by atoms with E-state index in [1.54, 1.807) is 6.92 Å². The highest BCUT2D eigenvalue weighted by Crippen LogP contribution is 2.34. The summed E-state index contributed by atoms with van der Waals surface area (Å²) < 4.78 is 4.60. The lowest BCUT2D eigenvalue weighted by Crippen LogP contribution is -2.01. The summed E-state index contributed by atoms with van der Waals surface area (Å²) in [5.41, 5.74) is 1.16. The van der Waals surface area contributed by atoms with E-state index in [2.05, 4.69) is 9.73 Å². The Kier molecular flexibility index (Phi) is 3.17.